The van der Waals surface area contributed by atoms with Crippen LogP contribution < -0.4 is 0 Å². The van der Waals surface area contributed by atoms with Crippen molar-refractivity contribution in [2.75, 3.05) is 0 Å². The van der Waals surface area contributed by atoms with Crippen LogP contribution >= 0.6 is 0 Å². The maximum absolute atomic E-state index is 12.3. The van der Waals surface area contributed by atoms with Gasteiger partial charge in [0.1, 0.15) is 5.78 Å². The van der Waals surface area contributed by atoms with Crippen molar-refractivity contribution in [3.8, 4) is 0 Å². The third kappa shape index (κ3) is 1.26. The average molecular weight is 224 g/mol. The minimum atomic E-state index is -0.793. The molecule has 0 aromatic carbocycles. The zero-order valence-electron chi connectivity index (χ0n) is 10.2. The first-order valence-electron chi connectivity index (χ1n) is 6.07. The highest BCUT2D eigenvalue weighted by Gasteiger charge is 2.65. The molecule has 0 aromatic heterocycles. The maximum atomic E-state index is 12.3. The molecule has 3 heteroatoms. The molecule has 0 saturated heterocycles. The second kappa shape index (κ2) is 3.31. The average Bonchev–Trinajstić information content (AvgIpc) is 2.47. The SMILES string of the molecule is CC1(C)[C@@H]2CC[C@@]1(C)C(=O)[C@@H]2CCC(=O)O. The summed E-state index contributed by atoms with van der Waals surface area (Å²) < 4.78 is 0. The summed E-state index contributed by atoms with van der Waals surface area (Å²) in [4.78, 5) is 22.9. The second-order valence-electron chi connectivity index (χ2n) is 6.10. The Bertz CT molecular complexity index is 345. The Morgan fingerprint density at radius 2 is 2.06 bits per heavy atom. The number of carbonyl (C=O) groups excluding carboxylic acids is 1. The van der Waals surface area contributed by atoms with Gasteiger partial charge >= 0.3 is 5.97 Å². The maximum Gasteiger partial charge on any atom is 0.303 e. The fourth-order valence-corrected chi connectivity index (χ4v) is 3.88. The van der Waals surface area contributed by atoms with Gasteiger partial charge in [-0.25, -0.2) is 0 Å². The molecule has 0 radical (unpaired) electrons. The highest BCUT2D eigenvalue weighted by Crippen LogP contribution is 2.66. The number of rotatable bonds is 3. The van der Waals surface area contributed by atoms with Crippen molar-refractivity contribution < 1.29 is 14.7 Å². The zero-order valence-corrected chi connectivity index (χ0v) is 10.2. The molecule has 2 saturated carbocycles. The highest BCUT2D eigenvalue weighted by molar-refractivity contribution is 5.91. The lowest BCUT2D eigenvalue weighted by Gasteiger charge is -2.32. The van der Waals surface area contributed by atoms with Gasteiger partial charge < -0.3 is 5.11 Å². The third-order valence-electron chi connectivity index (χ3n) is 5.34. The van der Waals surface area contributed by atoms with E-state index in [0.29, 0.717) is 18.1 Å². The van der Waals surface area contributed by atoms with Crippen LogP contribution in [0.4, 0.5) is 0 Å². The van der Waals surface area contributed by atoms with Crippen molar-refractivity contribution in [3.05, 3.63) is 0 Å². The van der Waals surface area contributed by atoms with E-state index in [1.165, 1.54) is 0 Å². The Hall–Kier alpha value is -0.860. The lowest BCUT2D eigenvalue weighted by atomic mass is 9.70. The Kier molecular flexibility index (Phi) is 2.41. The largest absolute Gasteiger partial charge is 0.481 e. The molecule has 16 heavy (non-hydrogen) atoms. The van der Waals surface area contributed by atoms with E-state index in [9.17, 15) is 9.59 Å². The number of hydrogen-bond acceptors (Lipinski definition) is 2. The first-order chi connectivity index (χ1) is 7.30. The summed E-state index contributed by atoms with van der Waals surface area (Å²) in [5.41, 5.74) is -0.159. The fourth-order valence-electron chi connectivity index (χ4n) is 3.88. The molecule has 3 nitrogen and oxygen atoms in total. The Morgan fingerprint density at radius 1 is 1.44 bits per heavy atom. The predicted molar refractivity (Wildman–Crippen MR) is 60.0 cm³/mol. The quantitative estimate of drug-likeness (QED) is 0.801. The van der Waals surface area contributed by atoms with Crippen LogP contribution in [0.15, 0.2) is 0 Å². The van der Waals surface area contributed by atoms with Gasteiger partial charge in [0.25, 0.3) is 0 Å². The first-order valence-corrected chi connectivity index (χ1v) is 6.07. The molecule has 2 rings (SSSR count). The van der Waals surface area contributed by atoms with E-state index < -0.39 is 5.97 Å². The van der Waals surface area contributed by atoms with Crippen LogP contribution in [-0.2, 0) is 9.59 Å². The van der Waals surface area contributed by atoms with E-state index in [1.807, 2.05) is 0 Å². The molecule has 2 aliphatic carbocycles. The van der Waals surface area contributed by atoms with E-state index >= 15 is 0 Å². The summed E-state index contributed by atoms with van der Waals surface area (Å²) in [5, 5.41) is 8.71. The molecule has 0 unspecified atom stereocenters. The van der Waals surface area contributed by atoms with Crippen LogP contribution in [0.5, 0.6) is 0 Å². The Morgan fingerprint density at radius 3 is 2.50 bits per heavy atom. The monoisotopic (exact) mass is 224 g/mol. The van der Waals surface area contributed by atoms with Gasteiger partial charge in [-0.3, -0.25) is 9.59 Å². The molecule has 0 spiro atoms. The molecular weight excluding hydrogens is 204 g/mol. The summed E-state index contributed by atoms with van der Waals surface area (Å²) >= 11 is 0. The summed E-state index contributed by atoms with van der Waals surface area (Å²) in [6.45, 7) is 6.41. The first kappa shape index (κ1) is 11.6. The van der Waals surface area contributed by atoms with Gasteiger partial charge in [0, 0.05) is 17.8 Å². The molecule has 2 aliphatic rings. The van der Waals surface area contributed by atoms with Crippen molar-refractivity contribution in [2.45, 2.75) is 46.5 Å². The van der Waals surface area contributed by atoms with Gasteiger partial charge in [-0.1, -0.05) is 20.8 Å². The molecule has 3 atom stereocenters. The zero-order chi connectivity index (χ0) is 12.1. The summed E-state index contributed by atoms with van der Waals surface area (Å²) in [5.74, 6) is -0.0947. The van der Waals surface area contributed by atoms with Crippen LogP contribution in [-0.4, -0.2) is 16.9 Å². The fraction of sp³-hybridized carbons (Fsp3) is 0.846. The van der Waals surface area contributed by atoms with Gasteiger partial charge in [0.05, 0.1) is 0 Å². The van der Waals surface area contributed by atoms with Crippen molar-refractivity contribution in [1.29, 1.82) is 0 Å². The highest BCUT2D eigenvalue weighted by atomic mass is 16.4. The minimum Gasteiger partial charge on any atom is -0.481 e. The third-order valence-corrected chi connectivity index (χ3v) is 5.34. The van der Waals surface area contributed by atoms with E-state index in [0.717, 1.165) is 12.8 Å². The molecule has 2 bridgehead atoms. The number of Topliss-reactive ketones (excluding diaryl/α,β-unsaturated/α-hetero) is 1. The molecule has 1 N–H and O–H groups in total. The number of fused-ring (bicyclic) bond motifs is 2. The van der Waals surface area contributed by atoms with Crippen LogP contribution in [0.1, 0.15) is 46.5 Å². The molecule has 0 amide bonds. The molecule has 0 aromatic rings. The number of ketones is 1. The summed E-state index contributed by atoms with van der Waals surface area (Å²) in [6.07, 6.45) is 2.71. The van der Waals surface area contributed by atoms with Gasteiger partial charge in [0.15, 0.2) is 0 Å². The van der Waals surface area contributed by atoms with Crippen LogP contribution in [0, 0.1) is 22.7 Å². The minimum absolute atomic E-state index is 0.00940. The number of hydrogen-bond donors (Lipinski definition) is 1. The summed E-state index contributed by atoms with van der Waals surface area (Å²) in [7, 11) is 0. The number of carboxylic acids is 1. The van der Waals surface area contributed by atoms with Crippen molar-refractivity contribution in [3.63, 3.8) is 0 Å². The summed E-state index contributed by atoms with van der Waals surface area (Å²) in [6, 6.07) is 0. The Labute approximate surface area is 96.2 Å². The van der Waals surface area contributed by atoms with Crippen molar-refractivity contribution in [2.24, 2.45) is 22.7 Å². The van der Waals surface area contributed by atoms with Gasteiger partial charge in [0.2, 0.25) is 0 Å². The van der Waals surface area contributed by atoms with Crippen LogP contribution in [0.2, 0.25) is 0 Å². The lowest BCUT2D eigenvalue weighted by molar-refractivity contribution is -0.138. The number of aliphatic carboxylic acids is 1. The number of carbonyl (C=O) groups is 2. The topological polar surface area (TPSA) is 54.4 Å². The van der Waals surface area contributed by atoms with E-state index in [4.69, 9.17) is 5.11 Å². The molecular formula is C13H20O3. The van der Waals surface area contributed by atoms with E-state index in [2.05, 4.69) is 20.8 Å². The Balaban J connectivity index is 2.20. The standard InChI is InChI=1S/C13H20O3/c1-12(2)9-6-7-13(12,3)11(16)8(9)4-5-10(14)15/h8-9H,4-7H2,1-3H3,(H,14,15)/t8-,9-,13+/m1/s1. The van der Waals surface area contributed by atoms with Crippen molar-refractivity contribution in [1.82, 2.24) is 0 Å². The van der Waals surface area contributed by atoms with Crippen LogP contribution in [0.25, 0.3) is 0 Å². The second-order valence-corrected chi connectivity index (χ2v) is 6.10. The lowest BCUT2D eigenvalue weighted by Crippen LogP contribution is -2.33. The smallest absolute Gasteiger partial charge is 0.303 e. The molecule has 0 aliphatic heterocycles. The van der Waals surface area contributed by atoms with Gasteiger partial charge in [-0.15, -0.1) is 0 Å². The van der Waals surface area contributed by atoms with Gasteiger partial charge in [-0.2, -0.15) is 0 Å². The van der Waals surface area contributed by atoms with E-state index in [1.54, 1.807) is 0 Å². The molecule has 90 valence electrons. The molecule has 0 heterocycles. The van der Waals surface area contributed by atoms with Crippen molar-refractivity contribution >= 4 is 11.8 Å². The predicted octanol–water partition coefficient (Wildman–Crippen LogP) is 2.49. The van der Waals surface area contributed by atoms with Crippen LogP contribution in [0.3, 0.4) is 0 Å². The normalized spacial score (nSPS) is 40.3. The molecule has 2 fully saturated rings. The van der Waals surface area contributed by atoms with Gasteiger partial charge in [-0.05, 0) is 30.6 Å². The number of carboxylic acid groups (broad SMARTS) is 1. The van der Waals surface area contributed by atoms with E-state index in [-0.39, 0.29) is 23.2 Å².